The lowest BCUT2D eigenvalue weighted by molar-refractivity contribution is 0.0697. The zero-order chi connectivity index (χ0) is 13.8. The summed E-state index contributed by atoms with van der Waals surface area (Å²) in [6, 6.07) is 7.56. The third-order valence-corrected chi connectivity index (χ3v) is 3.78. The van der Waals surface area contributed by atoms with Gasteiger partial charge in [-0.1, -0.05) is 12.1 Å². The fourth-order valence-corrected chi connectivity index (χ4v) is 2.47. The number of hydrogen-bond acceptors (Lipinski definition) is 3. The van der Waals surface area contributed by atoms with Gasteiger partial charge >= 0.3 is 5.97 Å². The highest BCUT2D eigenvalue weighted by molar-refractivity contribution is 5.94. The van der Waals surface area contributed by atoms with Crippen LogP contribution in [0.2, 0.25) is 0 Å². The molecule has 1 unspecified atom stereocenters. The van der Waals surface area contributed by atoms with Gasteiger partial charge in [0.2, 0.25) is 0 Å². The average molecular weight is 263 g/mol. The molecule has 1 N–H and O–H groups in total. The lowest BCUT2D eigenvalue weighted by Gasteiger charge is -2.32. The van der Waals surface area contributed by atoms with Gasteiger partial charge in [-0.3, -0.25) is 0 Å². The lowest BCUT2D eigenvalue weighted by Crippen LogP contribution is -2.38. The Balaban J connectivity index is 2.28. The van der Waals surface area contributed by atoms with E-state index in [0.29, 0.717) is 24.1 Å². The maximum Gasteiger partial charge on any atom is 0.337 e. The molecule has 2 rings (SSSR count). The van der Waals surface area contributed by atoms with Crippen LogP contribution in [-0.2, 0) is 4.74 Å². The normalized spacial score (nSPS) is 16.1. The summed E-state index contributed by atoms with van der Waals surface area (Å²) in [4.78, 5) is 13.5. The molecule has 0 aliphatic heterocycles. The Labute approximate surface area is 114 Å². The number of methoxy groups -OCH3 is 1. The first-order valence-electron chi connectivity index (χ1n) is 6.73. The molecule has 0 heterocycles. The van der Waals surface area contributed by atoms with E-state index < -0.39 is 5.97 Å². The Bertz CT molecular complexity index is 443. The number of rotatable bonds is 7. The average Bonchev–Trinajstić information content (AvgIpc) is 3.23. The maximum absolute atomic E-state index is 11.4. The molecule has 0 spiro atoms. The number of carbonyl (C=O) groups is 1. The smallest absolute Gasteiger partial charge is 0.337 e. The second-order valence-electron chi connectivity index (χ2n) is 5.09. The van der Waals surface area contributed by atoms with Crippen LogP contribution >= 0.6 is 0 Å². The molecule has 0 radical (unpaired) electrons. The second kappa shape index (κ2) is 6.06. The number of para-hydroxylation sites is 1. The van der Waals surface area contributed by atoms with Crippen LogP contribution < -0.4 is 4.90 Å². The van der Waals surface area contributed by atoms with Crippen molar-refractivity contribution in [1.82, 2.24) is 0 Å². The summed E-state index contributed by atoms with van der Waals surface area (Å²) in [7, 11) is 1.67. The van der Waals surface area contributed by atoms with E-state index >= 15 is 0 Å². The lowest BCUT2D eigenvalue weighted by atomic mass is 10.1. The standard InChI is InChI=1S/C15H21NO3/c1-11(12-7-8-12)16(9-10-19-2)14-6-4-3-5-13(14)15(17)18/h3-6,11-12H,7-10H2,1-2H3,(H,17,18). The molecule has 1 saturated carbocycles. The van der Waals surface area contributed by atoms with Gasteiger partial charge in [-0.2, -0.15) is 0 Å². The van der Waals surface area contributed by atoms with Gasteiger partial charge < -0.3 is 14.7 Å². The van der Waals surface area contributed by atoms with Crippen molar-refractivity contribution in [2.45, 2.75) is 25.8 Å². The first-order valence-corrected chi connectivity index (χ1v) is 6.73. The van der Waals surface area contributed by atoms with Gasteiger partial charge in [-0.05, 0) is 37.8 Å². The molecule has 0 aromatic heterocycles. The van der Waals surface area contributed by atoms with Gasteiger partial charge in [-0.15, -0.1) is 0 Å². The Kier molecular flexibility index (Phi) is 4.43. The van der Waals surface area contributed by atoms with Gasteiger partial charge in [0.15, 0.2) is 0 Å². The summed E-state index contributed by atoms with van der Waals surface area (Å²) in [5.41, 5.74) is 1.16. The maximum atomic E-state index is 11.4. The highest BCUT2D eigenvalue weighted by Crippen LogP contribution is 2.37. The summed E-state index contributed by atoms with van der Waals surface area (Å²) >= 11 is 0. The van der Waals surface area contributed by atoms with Crippen molar-refractivity contribution in [3.05, 3.63) is 29.8 Å². The third kappa shape index (κ3) is 3.26. The van der Waals surface area contributed by atoms with Crippen molar-refractivity contribution >= 4 is 11.7 Å². The van der Waals surface area contributed by atoms with Crippen LogP contribution in [0.1, 0.15) is 30.1 Å². The van der Waals surface area contributed by atoms with Crippen molar-refractivity contribution in [2.75, 3.05) is 25.2 Å². The van der Waals surface area contributed by atoms with E-state index in [1.807, 2.05) is 12.1 Å². The zero-order valence-corrected chi connectivity index (χ0v) is 11.5. The van der Waals surface area contributed by atoms with Crippen LogP contribution in [0.3, 0.4) is 0 Å². The number of anilines is 1. The van der Waals surface area contributed by atoms with Crippen molar-refractivity contribution in [3.63, 3.8) is 0 Å². The fraction of sp³-hybridized carbons (Fsp3) is 0.533. The van der Waals surface area contributed by atoms with Gasteiger partial charge in [-0.25, -0.2) is 4.79 Å². The molecule has 1 aliphatic carbocycles. The number of benzene rings is 1. The number of ether oxygens (including phenoxy) is 1. The summed E-state index contributed by atoms with van der Waals surface area (Å²) in [5, 5.41) is 9.32. The monoisotopic (exact) mass is 263 g/mol. The van der Waals surface area contributed by atoms with E-state index in [1.54, 1.807) is 19.2 Å². The second-order valence-corrected chi connectivity index (χ2v) is 5.09. The van der Waals surface area contributed by atoms with Crippen molar-refractivity contribution < 1.29 is 14.6 Å². The van der Waals surface area contributed by atoms with Crippen molar-refractivity contribution in [2.24, 2.45) is 5.92 Å². The minimum absolute atomic E-state index is 0.357. The van der Waals surface area contributed by atoms with E-state index in [1.165, 1.54) is 12.8 Å². The molecule has 1 aromatic carbocycles. The predicted molar refractivity (Wildman–Crippen MR) is 74.8 cm³/mol. The zero-order valence-electron chi connectivity index (χ0n) is 11.5. The van der Waals surface area contributed by atoms with Crippen LogP contribution in [0.15, 0.2) is 24.3 Å². The number of nitrogens with zero attached hydrogens (tertiary/aromatic N) is 1. The summed E-state index contributed by atoms with van der Waals surface area (Å²) in [5.74, 6) is -0.195. The van der Waals surface area contributed by atoms with Crippen LogP contribution in [-0.4, -0.2) is 37.4 Å². The SMILES string of the molecule is COCCN(c1ccccc1C(=O)O)C(C)C1CC1. The van der Waals surface area contributed by atoms with Crippen molar-refractivity contribution in [1.29, 1.82) is 0 Å². The third-order valence-electron chi connectivity index (χ3n) is 3.78. The molecule has 1 aliphatic rings. The van der Waals surface area contributed by atoms with Gasteiger partial charge in [0.25, 0.3) is 0 Å². The van der Waals surface area contributed by atoms with Crippen LogP contribution in [0.5, 0.6) is 0 Å². The summed E-state index contributed by atoms with van der Waals surface area (Å²) in [6.45, 7) is 3.50. The molecule has 0 saturated heterocycles. The Morgan fingerprint density at radius 1 is 1.47 bits per heavy atom. The molecule has 1 aromatic rings. The number of carboxylic acid groups (broad SMARTS) is 1. The highest BCUT2D eigenvalue weighted by atomic mass is 16.5. The predicted octanol–water partition coefficient (Wildman–Crippen LogP) is 2.64. The summed E-state index contributed by atoms with van der Waals surface area (Å²) in [6.07, 6.45) is 2.47. The molecule has 4 nitrogen and oxygen atoms in total. The minimum atomic E-state index is -0.874. The van der Waals surface area contributed by atoms with Gasteiger partial charge in [0.1, 0.15) is 0 Å². The van der Waals surface area contributed by atoms with Crippen LogP contribution in [0, 0.1) is 5.92 Å². The quantitative estimate of drug-likeness (QED) is 0.821. The Morgan fingerprint density at radius 2 is 2.16 bits per heavy atom. The Morgan fingerprint density at radius 3 is 2.74 bits per heavy atom. The van der Waals surface area contributed by atoms with Gasteiger partial charge in [0, 0.05) is 19.7 Å². The van der Waals surface area contributed by atoms with E-state index in [4.69, 9.17) is 4.74 Å². The number of hydrogen-bond donors (Lipinski definition) is 1. The summed E-state index contributed by atoms with van der Waals surface area (Å²) < 4.78 is 5.16. The fourth-order valence-electron chi connectivity index (χ4n) is 2.47. The molecule has 1 atom stereocenters. The Hall–Kier alpha value is -1.55. The first kappa shape index (κ1) is 13.9. The number of aromatic carboxylic acids is 1. The topological polar surface area (TPSA) is 49.8 Å². The van der Waals surface area contributed by atoms with E-state index in [9.17, 15) is 9.90 Å². The molecular formula is C15H21NO3. The van der Waals surface area contributed by atoms with Crippen molar-refractivity contribution in [3.8, 4) is 0 Å². The minimum Gasteiger partial charge on any atom is -0.478 e. The first-order chi connectivity index (χ1) is 9.15. The molecule has 0 bridgehead atoms. The molecule has 0 amide bonds. The molecule has 1 fully saturated rings. The molecule has 104 valence electrons. The van der Waals surface area contributed by atoms with E-state index in [-0.39, 0.29) is 0 Å². The largest absolute Gasteiger partial charge is 0.478 e. The number of carboxylic acids is 1. The van der Waals surface area contributed by atoms with E-state index in [0.717, 1.165) is 12.2 Å². The van der Waals surface area contributed by atoms with Crippen LogP contribution in [0.25, 0.3) is 0 Å². The molecule has 19 heavy (non-hydrogen) atoms. The van der Waals surface area contributed by atoms with E-state index in [2.05, 4.69) is 11.8 Å². The molecular weight excluding hydrogens is 242 g/mol. The van der Waals surface area contributed by atoms with Crippen LogP contribution in [0.4, 0.5) is 5.69 Å². The van der Waals surface area contributed by atoms with Gasteiger partial charge in [0.05, 0.1) is 17.9 Å². The molecule has 4 heteroatoms. The highest BCUT2D eigenvalue weighted by Gasteiger charge is 2.33.